The highest BCUT2D eigenvalue weighted by atomic mass is 16.2. The third kappa shape index (κ3) is 4.03. The number of nitrogens with one attached hydrogen (secondary N) is 3. The molecule has 2 aromatic carbocycles. The lowest BCUT2D eigenvalue weighted by molar-refractivity contribution is -0.123. The molecule has 5 heteroatoms. The van der Waals surface area contributed by atoms with Gasteiger partial charge in [0, 0.05) is 18.2 Å². The smallest absolute Gasteiger partial charge is 0.251 e. The lowest BCUT2D eigenvalue weighted by Gasteiger charge is -2.27. The Labute approximate surface area is 159 Å². The van der Waals surface area contributed by atoms with Gasteiger partial charge in [-0.2, -0.15) is 0 Å². The topological polar surface area (TPSA) is 70.2 Å². The number of carbonyl (C=O) groups excluding carboxylic acids is 2. The van der Waals surface area contributed by atoms with Gasteiger partial charge in [-0.1, -0.05) is 42.5 Å². The molecule has 0 unspecified atom stereocenters. The highest BCUT2D eigenvalue weighted by Gasteiger charge is 2.32. The third-order valence-electron chi connectivity index (χ3n) is 5.50. The normalized spacial score (nSPS) is 24.1. The summed E-state index contributed by atoms with van der Waals surface area (Å²) in [5.74, 6) is -0.0715. The Hall–Kier alpha value is -2.66. The minimum absolute atomic E-state index is 0.0214. The molecule has 2 aliphatic rings. The second-order valence-corrected chi connectivity index (χ2v) is 7.39. The van der Waals surface area contributed by atoms with Crippen molar-refractivity contribution in [2.75, 3.05) is 6.54 Å². The van der Waals surface area contributed by atoms with Crippen molar-refractivity contribution in [3.63, 3.8) is 0 Å². The zero-order chi connectivity index (χ0) is 18.6. The van der Waals surface area contributed by atoms with Crippen molar-refractivity contribution in [3.05, 3.63) is 71.3 Å². The second kappa shape index (κ2) is 7.92. The van der Waals surface area contributed by atoms with Gasteiger partial charge in [-0.05, 0) is 48.9 Å². The predicted molar refractivity (Wildman–Crippen MR) is 104 cm³/mol. The van der Waals surface area contributed by atoms with Crippen LogP contribution in [0.2, 0.25) is 0 Å². The van der Waals surface area contributed by atoms with E-state index in [0.717, 1.165) is 19.3 Å². The molecule has 4 rings (SSSR count). The van der Waals surface area contributed by atoms with Gasteiger partial charge in [0.25, 0.3) is 5.91 Å². The molecule has 1 aliphatic carbocycles. The molecular formula is C22H25N3O2. The van der Waals surface area contributed by atoms with Gasteiger partial charge in [0.1, 0.15) is 0 Å². The molecule has 0 aromatic heterocycles. The molecule has 2 amide bonds. The van der Waals surface area contributed by atoms with E-state index >= 15 is 0 Å². The van der Waals surface area contributed by atoms with Crippen molar-refractivity contribution in [1.29, 1.82) is 0 Å². The van der Waals surface area contributed by atoms with Crippen LogP contribution < -0.4 is 16.0 Å². The maximum Gasteiger partial charge on any atom is 0.251 e. The van der Waals surface area contributed by atoms with Gasteiger partial charge < -0.3 is 16.0 Å². The molecule has 1 fully saturated rings. The summed E-state index contributed by atoms with van der Waals surface area (Å²) in [6, 6.07) is 17.3. The molecule has 27 heavy (non-hydrogen) atoms. The molecular weight excluding hydrogens is 338 g/mol. The Bertz CT molecular complexity index is 821. The molecule has 0 bridgehead atoms. The van der Waals surface area contributed by atoms with Crippen LogP contribution in [0.5, 0.6) is 0 Å². The summed E-state index contributed by atoms with van der Waals surface area (Å²) >= 11 is 0. The van der Waals surface area contributed by atoms with Crippen LogP contribution in [-0.4, -0.2) is 30.4 Å². The van der Waals surface area contributed by atoms with Gasteiger partial charge in [-0.25, -0.2) is 0 Å². The summed E-state index contributed by atoms with van der Waals surface area (Å²) in [5.41, 5.74) is 3.22. The van der Waals surface area contributed by atoms with E-state index in [1.165, 1.54) is 11.1 Å². The molecule has 1 saturated heterocycles. The molecule has 2 aromatic rings. The first-order valence-corrected chi connectivity index (χ1v) is 9.68. The van der Waals surface area contributed by atoms with Crippen molar-refractivity contribution in [3.8, 4) is 0 Å². The van der Waals surface area contributed by atoms with Crippen LogP contribution in [0.3, 0.4) is 0 Å². The first-order chi connectivity index (χ1) is 13.2. The van der Waals surface area contributed by atoms with E-state index < -0.39 is 0 Å². The van der Waals surface area contributed by atoms with Crippen LogP contribution in [0.4, 0.5) is 0 Å². The zero-order valence-corrected chi connectivity index (χ0v) is 15.3. The Kier molecular flexibility index (Phi) is 5.21. The van der Waals surface area contributed by atoms with Crippen LogP contribution in [-0.2, 0) is 11.2 Å². The van der Waals surface area contributed by atoms with Gasteiger partial charge >= 0.3 is 0 Å². The number of aryl methyl sites for hydroxylation is 1. The average molecular weight is 363 g/mol. The number of hydrogen-bond donors (Lipinski definition) is 3. The minimum Gasteiger partial charge on any atom is -0.348 e. The fourth-order valence-electron chi connectivity index (χ4n) is 4.08. The van der Waals surface area contributed by atoms with Gasteiger partial charge in [0.15, 0.2) is 0 Å². The highest BCUT2D eigenvalue weighted by molar-refractivity contribution is 5.94. The molecule has 3 atom stereocenters. The number of hydrogen-bond acceptors (Lipinski definition) is 3. The van der Waals surface area contributed by atoms with E-state index in [9.17, 15) is 9.59 Å². The third-order valence-corrected chi connectivity index (χ3v) is 5.50. The molecule has 140 valence electrons. The first kappa shape index (κ1) is 17.7. The minimum atomic E-state index is -0.264. The molecule has 1 heterocycles. The van der Waals surface area contributed by atoms with Crippen LogP contribution in [0.15, 0.2) is 54.6 Å². The summed E-state index contributed by atoms with van der Waals surface area (Å²) in [7, 11) is 0. The van der Waals surface area contributed by atoms with Crippen molar-refractivity contribution in [1.82, 2.24) is 16.0 Å². The number of amides is 2. The highest BCUT2D eigenvalue weighted by Crippen LogP contribution is 2.29. The van der Waals surface area contributed by atoms with Crippen molar-refractivity contribution in [2.45, 2.75) is 43.8 Å². The van der Waals surface area contributed by atoms with Crippen molar-refractivity contribution >= 4 is 11.8 Å². The molecule has 0 radical (unpaired) electrons. The van der Waals surface area contributed by atoms with E-state index in [1.54, 1.807) is 12.1 Å². The Morgan fingerprint density at radius 1 is 0.963 bits per heavy atom. The van der Waals surface area contributed by atoms with E-state index in [4.69, 9.17) is 0 Å². The molecule has 0 spiro atoms. The standard InChI is InChI=1S/C22H25N3O2/c26-21(16-8-2-1-3-9-16)24-17-13-20(23-14-17)22(27)25-19-12-6-10-15-7-4-5-11-18(15)19/h1-5,7-9,11,17,19-20,23H,6,10,12-14H2,(H,24,26)(H,25,27)/t17-,19+,20-/m0/s1. The Balaban J connectivity index is 1.33. The lowest BCUT2D eigenvalue weighted by Crippen LogP contribution is -2.42. The maximum absolute atomic E-state index is 12.7. The van der Waals surface area contributed by atoms with Crippen molar-refractivity contribution in [2.24, 2.45) is 0 Å². The fourth-order valence-corrected chi connectivity index (χ4v) is 4.08. The van der Waals surface area contributed by atoms with E-state index in [0.29, 0.717) is 18.5 Å². The van der Waals surface area contributed by atoms with Gasteiger partial charge in [-0.15, -0.1) is 0 Å². The molecule has 3 N–H and O–H groups in total. The molecule has 1 aliphatic heterocycles. The summed E-state index contributed by atoms with van der Waals surface area (Å²) in [6.07, 6.45) is 3.76. The van der Waals surface area contributed by atoms with Gasteiger partial charge in [0.05, 0.1) is 12.1 Å². The molecule has 0 saturated carbocycles. The van der Waals surface area contributed by atoms with E-state index in [1.807, 2.05) is 24.3 Å². The number of benzene rings is 2. The van der Waals surface area contributed by atoms with E-state index in [2.05, 4.69) is 34.1 Å². The second-order valence-electron chi connectivity index (χ2n) is 7.39. The summed E-state index contributed by atoms with van der Waals surface area (Å²) in [4.78, 5) is 25.0. The largest absolute Gasteiger partial charge is 0.348 e. The summed E-state index contributed by atoms with van der Waals surface area (Å²) in [6.45, 7) is 0.609. The summed E-state index contributed by atoms with van der Waals surface area (Å²) < 4.78 is 0. The monoisotopic (exact) mass is 363 g/mol. The number of fused-ring (bicyclic) bond motifs is 1. The van der Waals surface area contributed by atoms with Crippen LogP contribution >= 0.6 is 0 Å². The lowest BCUT2D eigenvalue weighted by atomic mass is 9.87. The van der Waals surface area contributed by atoms with Crippen LogP contribution in [0, 0.1) is 0 Å². The molecule has 5 nitrogen and oxygen atoms in total. The SMILES string of the molecule is O=C(N[C@@H]1CN[C@H](C(=O)N[C@@H]2CCCc3ccccc32)C1)c1ccccc1. The number of rotatable bonds is 4. The Morgan fingerprint density at radius 3 is 2.59 bits per heavy atom. The fraction of sp³-hybridized carbons (Fsp3) is 0.364. The van der Waals surface area contributed by atoms with Gasteiger partial charge in [-0.3, -0.25) is 9.59 Å². The predicted octanol–water partition coefficient (Wildman–Crippen LogP) is 2.34. The van der Waals surface area contributed by atoms with Crippen LogP contribution in [0.25, 0.3) is 0 Å². The van der Waals surface area contributed by atoms with E-state index in [-0.39, 0.29) is 29.9 Å². The van der Waals surface area contributed by atoms with Gasteiger partial charge in [0.2, 0.25) is 5.91 Å². The summed E-state index contributed by atoms with van der Waals surface area (Å²) in [5, 5.41) is 9.48. The number of carbonyl (C=O) groups is 2. The van der Waals surface area contributed by atoms with Crippen LogP contribution in [0.1, 0.15) is 46.8 Å². The Morgan fingerprint density at radius 2 is 1.74 bits per heavy atom. The quantitative estimate of drug-likeness (QED) is 0.781. The van der Waals surface area contributed by atoms with Crippen molar-refractivity contribution < 1.29 is 9.59 Å². The zero-order valence-electron chi connectivity index (χ0n) is 15.3. The maximum atomic E-state index is 12.7. The first-order valence-electron chi connectivity index (χ1n) is 9.68. The average Bonchev–Trinajstić information content (AvgIpc) is 3.17.